The van der Waals surface area contributed by atoms with Crippen LogP contribution in [0.5, 0.6) is 0 Å². The van der Waals surface area contributed by atoms with Crippen LogP contribution in [0, 0.1) is 11.8 Å². The fourth-order valence-electron chi connectivity index (χ4n) is 1.94. The van der Waals surface area contributed by atoms with E-state index < -0.39 is 0 Å². The van der Waals surface area contributed by atoms with Crippen molar-refractivity contribution in [3.8, 4) is 11.8 Å². The number of amides is 1. The Balaban J connectivity index is 1.86. The highest BCUT2D eigenvalue weighted by Gasteiger charge is 2.18. The average molecular weight is 242 g/mol. The highest BCUT2D eigenvalue weighted by molar-refractivity contribution is 5.77. The molecule has 0 spiro atoms. The molecule has 1 aromatic rings. The van der Waals surface area contributed by atoms with E-state index in [0.717, 1.165) is 11.5 Å². The summed E-state index contributed by atoms with van der Waals surface area (Å²) in [6.45, 7) is 0.359. The van der Waals surface area contributed by atoms with E-state index in [2.05, 4.69) is 29.3 Å². The van der Waals surface area contributed by atoms with E-state index in [1.54, 1.807) is 0 Å². The predicted octanol–water partition coefficient (Wildman–Crippen LogP) is 1.38. The topological polar surface area (TPSA) is 55.1 Å². The lowest BCUT2D eigenvalue weighted by Crippen LogP contribution is -2.30. The smallest absolute Gasteiger partial charge is 0.234 e. The van der Waals surface area contributed by atoms with Gasteiger partial charge in [0.2, 0.25) is 5.91 Å². The van der Waals surface area contributed by atoms with Crippen LogP contribution in [-0.4, -0.2) is 19.0 Å². The van der Waals surface area contributed by atoms with Crippen LogP contribution in [0.25, 0.3) is 0 Å². The molecule has 1 saturated carbocycles. The maximum Gasteiger partial charge on any atom is 0.234 e. The molecule has 3 heteroatoms. The normalized spacial score (nSPS) is 14.3. The molecule has 1 amide bonds. The Bertz CT molecular complexity index is 464. The fourth-order valence-corrected chi connectivity index (χ4v) is 1.94. The van der Waals surface area contributed by atoms with Gasteiger partial charge in [0.1, 0.15) is 0 Å². The summed E-state index contributed by atoms with van der Waals surface area (Å²) in [6, 6.07) is 8.41. The molecule has 0 aliphatic heterocycles. The second-order valence-corrected chi connectivity index (χ2v) is 4.53. The molecule has 0 saturated heterocycles. The number of benzene rings is 1. The van der Waals surface area contributed by atoms with E-state index in [9.17, 15) is 4.79 Å². The number of nitrogens with one attached hydrogen (secondary N) is 1. The second kappa shape index (κ2) is 6.23. The van der Waals surface area contributed by atoms with Gasteiger partial charge in [-0.25, -0.2) is 0 Å². The molecule has 2 rings (SSSR count). The number of nitrogens with two attached hydrogens (primary N) is 1. The SMILES string of the molecule is NCC(=O)NCC#Cc1ccc(C2CCC2)cc1. The Hall–Kier alpha value is -1.79. The van der Waals surface area contributed by atoms with Gasteiger partial charge in [0.25, 0.3) is 0 Å². The largest absolute Gasteiger partial charge is 0.344 e. The summed E-state index contributed by atoms with van der Waals surface area (Å²) in [5.41, 5.74) is 7.57. The van der Waals surface area contributed by atoms with E-state index in [4.69, 9.17) is 5.73 Å². The van der Waals surface area contributed by atoms with Gasteiger partial charge in [-0.1, -0.05) is 30.4 Å². The van der Waals surface area contributed by atoms with Crippen LogP contribution in [0.3, 0.4) is 0 Å². The van der Waals surface area contributed by atoms with Crippen LogP contribution in [-0.2, 0) is 4.79 Å². The molecule has 1 fully saturated rings. The monoisotopic (exact) mass is 242 g/mol. The fraction of sp³-hybridized carbons (Fsp3) is 0.400. The average Bonchev–Trinajstić information content (AvgIpc) is 2.34. The minimum absolute atomic E-state index is 0.0117. The molecule has 94 valence electrons. The van der Waals surface area contributed by atoms with Crippen molar-refractivity contribution in [1.29, 1.82) is 0 Å². The molecule has 0 aromatic heterocycles. The maximum absolute atomic E-state index is 10.9. The van der Waals surface area contributed by atoms with Gasteiger partial charge in [0.05, 0.1) is 13.1 Å². The quantitative estimate of drug-likeness (QED) is 0.787. The van der Waals surface area contributed by atoms with Gasteiger partial charge >= 0.3 is 0 Å². The zero-order valence-electron chi connectivity index (χ0n) is 10.4. The molecule has 0 radical (unpaired) electrons. The van der Waals surface area contributed by atoms with Gasteiger partial charge in [-0.2, -0.15) is 0 Å². The minimum atomic E-state index is -0.176. The van der Waals surface area contributed by atoms with Gasteiger partial charge in [-0.3, -0.25) is 4.79 Å². The zero-order chi connectivity index (χ0) is 12.8. The van der Waals surface area contributed by atoms with E-state index in [0.29, 0.717) is 6.54 Å². The maximum atomic E-state index is 10.9. The lowest BCUT2D eigenvalue weighted by molar-refractivity contribution is -0.119. The van der Waals surface area contributed by atoms with Crippen molar-refractivity contribution < 1.29 is 4.79 Å². The van der Waals surface area contributed by atoms with Crippen LogP contribution < -0.4 is 11.1 Å². The van der Waals surface area contributed by atoms with Crippen molar-refractivity contribution in [3.05, 3.63) is 35.4 Å². The molecule has 0 heterocycles. The van der Waals surface area contributed by atoms with Crippen LogP contribution in [0.2, 0.25) is 0 Å². The van der Waals surface area contributed by atoms with Gasteiger partial charge in [-0.05, 0) is 36.5 Å². The lowest BCUT2D eigenvalue weighted by atomic mass is 9.80. The van der Waals surface area contributed by atoms with Crippen LogP contribution in [0.4, 0.5) is 0 Å². The van der Waals surface area contributed by atoms with Crippen molar-refractivity contribution in [2.24, 2.45) is 5.73 Å². The predicted molar refractivity (Wildman–Crippen MR) is 72.0 cm³/mol. The summed E-state index contributed by atoms with van der Waals surface area (Å²) in [5.74, 6) is 6.51. The molecule has 1 aromatic carbocycles. The third-order valence-corrected chi connectivity index (χ3v) is 3.28. The summed E-state index contributed by atoms with van der Waals surface area (Å²) >= 11 is 0. The van der Waals surface area contributed by atoms with Crippen LogP contribution >= 0.6 is 0 Å². The summed E-state index contributed by atoms with van der Waals surface area (Å²) in [6.07, 6.45) is 3.99. The molecular weight excluding hydrogens is 224 g/mol. The summed E-state index contributed by atoms with van der Waals surface area (Å²) in [7, 11) is 0. The molecule has 3 N–H and O–H groups in total. The first-order valence-corrected chi connectivity index (χ1v) is 6.35. The van der Waals surface area contributed by atoms with E-state index in [-0.39, 0.29) is 12.5 Å². The van der Waals surface area contributed by atoms with Crippen molar-refractivity contribution in [2.75, 3.05) is 13.1 Å². The summed E-state index contributed by atoms with van der Waals surface area (Å²) in [4.78, 5) is 10.9. The third-order valence-electron chi connectivity index (χ3n) is 3.28. The Morgan fingerprint density at radius 1 is 1.33 bits per heavy atom. The molecule has 3 nitrogen and oxygen atoms in total. The number of carbonyl (C=O) groups is 1. The number of carbonyl (C=O) groups excluding carboxylic acids is 1. The van der Waals surface area contributed by atoms with E-state index >= 15 is 0 Å². The standard InChI is InChI=1S/C15H18N2O/c16-11-15(18)17-10-2-3-12-6-8-14(9-7-12)13-4-1-5-13/h6-9,13H,1,4-5,10-11,16H2,(H,17,18). The van der Waals surface area contributed by atoms with Gasteiger partial charge in [-0.15, -0.1) is 0 Å². The van der Waals surface area contributed by atoms with Crippen molar-refractivity contribution in [2.45, 2.75) is 25.2 Å². The zero-order valence-corrected chi connectivity index (χ0v) is 10.4. The molecule has 18 heavy (non-hydrogen) atoms. The Kier molecular flexibility index (Phi) is 4.38. The number of rotatable bonds is 3. The van der Waals surface area contributed by atoms with Gasteiger partial charge in [0, 0.05) is 5.56 Å². The first-order chi connectivity index (χ1) is 8.79. The number of hydrogen-bond acceptors (Lipinski definition) is 2. The highest BCUT2D eigenvalue weighted by Crippen LogP contribution is 2.36. The Morgan fingerprint density at radius 3 is 2.61 bits per heavy atom. The lowest BCUT2D eigenvalue weighted by Gasteiger charge is -2.25. The molecular formula is C15H18N2O. The van der Waals surface area contributed by atoms with Gasteiger partial charge < -0.3 is 11.1 Å². The van der Waals surface area contributed by atoms with E-state index in [1.165, 1.54) is 24.8 Å². The molecule has 0 atom stereocenters. The Morgan fingerprint density at radius 2 is 2.06 bits per heavy atom. The second-order valence-electron chi connectivity index (χ2n) is 4.53. The highest BCUT2D eigenvalue weighted by atomic mass is 16.1. The van der Waals surface area contributed by atoms with Crippen LogP contribution in [0.15, 0.2) is 24.3 Å². The van der Waals surface area contributed by atoms with Crippen molar-refractivity contribution in [3.63, 3.8) is 0 Å². The van der Waals surface area contributed by atoms with Crippen molar-refractivity contribution >= 4 is 5.91 Å². The summed E-state index contributed by atoms with van der Waals surface area (Å²) in [5, 5.41) is 2.61. The minimum Gasteiger partial charge on any atom is -0.344 e. The van der Waals surface area contributed by atoms with Crippen LogP contribution in [0.1, 0.15) is 36.3 Å². The third kappa shape index (κ3) is 3.35. The molecule has 0 bridgehead atoms. The molecule has 1 aliphatic rings. The molecule has 1 aliphatic carbocycles. The first-order valence-electron chi connectivity index (χ1n) is 6.35. The first kappa shape index (κ1) is 12.7. The Labute approximate surface area is 108 Å². The van der Waals surface area contributed by atoms with E-state index in [1.807, 2.05) is 12.1 Å². The van der Waals surface area contributed by atoms with Crippen molar-refractivity contribution in [1.82, 2.24) is 5.32 Å². The number of hydrogen-bond donors (Lipinski definition) is 2. The summed E-state index contributed by atoms with van der Waals surface area (Å²) < 4.78 is 0. The van der Waals surface area contributed by atoms with Gasteiger partial charge in [0.15, 0.2) is 0 Å². The molecule has 0 unspecified atom stereocenters.